The molecule has 18 heavy (non-hydrogen) atoms. The van der Waals surface area contributed by atoms with E-state index in [4.69, 9.17) is 5.73 Å². The van der Waals surface area contributed by atoms with Crippen molar-refractivity contribution in [2.24, 2.45) is 5.73 Å². The molecule has 6 heteroatoms. The number of ether oxygens (including phenoxy) is 1. The fourth-order valence-corrected chi connectivity index (χ4v) is 1.65. The largest absolute Gasteiger partial charge is 0.573 e. The molecule has 0 aliphatic heterocycles. The summed E-state index contributed by atoms with van der Waals surface area (Å²) in [6, 6.07) is 5.41. The Bertz CT molecular complexity index is 424. The molecule has 0 bridgehead atoms. The summed E-state index contributed by atoms with van der Waals surface area (Å²) >= 11 is 0. The van der Waals surface area contributed by atoms with E-state index in [0.29, 0.717) is 0 Å². The number of alkyl halides is 3. The van der Waals surface area contributed by atoms with Crippen LogP contribution < -0.4 is 10.5 Å². The smallest absolute Gasteiger partial charge is 0.406 e. The molecule has 100 valence electrons. The number of amides is 1. The third-order valence-corrected chi connectivity index (χ3v) is 2.49. The van der Waals surface area contributed by atoms with Crippen LogP contribution in [-0.4, -0.2) is 12.3 Å². The van der Waals surface area contributed by atoms with Gasteiger partial charge in [0.25, 0.3) is 0 Å². The number of primary amides is 1. The molecule has 0 unspecified atom stereocenters. The topological polar surface area (TPSA) is 52.3 Å². The van der Waals surface area contributed by atoms with Crippen molar-refractivity contribution in [1.82, 2.24) is 0 Å². The zero-order valence-corrected chi connectivity index (χ0v) is 10.0. The van der Waals surface area contributed by atoms with Gasteiger partial charge in [-0.3, -0.25) is 4.79 Å². The van der Waals surface area contributed by atoms with Gasteiger partial charge in [-0.1, -0.05) is 26.0 Å². The van der Waals surface area contributed by atoms with Gasteiger partial charge in [-0.15, -0.1) is 13.2 Å². The zero-order chi connectivity index (χ0) is 14.0. The van der Waals surface area contributed by atoms with E-state index in [0.717, 1.165) is 5.56 Å². The minimum atomic E-state index is -4.70. The average Bonchev–Trinajstić information content (AvgIpc) is 2.13. The maximum absolute atomic E-state index is 12.0. The Morgan fingerprint density at radius 3 is 2.11 bits per heavy atom. The lowest BCUT2D eigenvalue weighted by molar-refractivity contribution is -0.274. The minimum Gasteiger partial charge on any atom is -0.406 e. The van der Waals surface area contributed by atoms with Crippen LogP contribution in [0.2, 0.25) is 0 Å². The number of benzene rings is 1. The van der Waals surface area contributed by atoms with Gasteiger partial charge < -0.3 is 10.5 Å². The van der Waals surface area contributed by atoms with Crippen LogP contribution in [0.4, 0.5) is 13.2 Å². The zero-order valence-electron chi connectivity index (χ0n) is 10.0. The molecule has 0 fully saturated rings. The Morgan fingerprint density at radius 1 is 1.22 bits per heavy atom. The first kappa shape index (κ1) is 14.3. The lowest BCUT2D eigenvalue weighted by Crippen LogP contribution is -2.26. The first-order valence-corrected chi connectivity index (χ1v) is 5.25. The molecule has 0 aromatic heterocycles. The average molecular weight is 261 g/mol. The summed E-state index contributed by atoms with van der Waals surface area (Å²) in [5.74, 6) is -0.753. The van der Waals surface area contributed by atoms with Crippen LogP contribution in [0.5, 0.6) is 5.75 Å². The van der Waals surface area contributed by atoms with Crippen molar-refractivity contribution in [3.63, 3.8) is 0 Å². The molecule has 0 aliphatic carbocycles. The summed E-state index contributed by atoms with van der Waals surface area (Å²) in [5.41, 5.74) is 5.31. The molecule has 0 saturated heterocycles. The van der Waals surface area contributed by atoms with Gasteiger partial charge in [0.1, 0.15) is 5.75 Å². The third-order valence-electron chi connectivity index (χ3n) is 2.49. The van der Waals surface area contributed by atoms with Crippen molar-refractivity contribution in [2.75, 3.05) is 0 Å². The number of hydrogen-bond donors (Lipinski definition) is 1. The molecule has 1 rings (SSSR count). The molecular formula is C12H14F3NO2. The van der Waals surface area contributed by atoms with Crippen LogP contribution in [0.15, 0.2) is 24.3 Å². The van der Waals surface area contributed by atoms with E-state index in [9.17, 15) is 18.0 Å². The molecule has 1 aromatic rings. The van der Waals surface area contributed by atoms with Crippen molar-refractivity contribution in [2.45, 2.75) is 32.0 Å². The molecule has 1 amide bonds. The molecule has 0 atom stereocenters. The Morgan fingerprint density at radius 2 is 1.72 bits per heavy atom. The Labute approximate surface area is 103 Å². The van der Waals surface area contributed by atoms with Crippen molar-refractivity contribution in [3.8, 4) is 5.75 Å². The summed E-state index contributed by atoms with van der Waals surface area (Å²) in [5, 5.41) is 0. The van der Waals surface area contributed by atoms with Crippen LogP contribution in [0.1, 0.15) is 25.8 Å². The number of carbonyl (C=O) groups is 1. The number of nitrogens with two attached hydrogens (primary N) is 1. The van der Waals surface area contributed by atoms with Crippen LogP contribution in [0, 0.1) is 0 Å². The number of hydrogen-bond acceptors (Lipinski definition) is 2. The first-order chi connectivity index (χ1) is 8.10. The quantitative estimate of drug-likeness (QED) is 0.906. The van der Waals surface area contributed by atoms with Crippen LogP contribution >= 0.6 is 0 Å². The second-order valence-electron chi connectivity index (χ2n) is 4.60. The van der Waals surface area contributed by atoms with Gasteiger partial charge in [-0.05, 0) is 23.1 Å². The Balaban J connectivity index is 2.85. The minimum absolute atomic E-state index is 0.118. The molecule has 0 heterocycles. The van der Waals surface area contributed by atoms with Crippen molar-refractivity contribution < 1.29 is 22.7 Å². The van der Waals surface area contributed by atoms with E-state index in [1.807, 2.05) is 0 Å². The fourth-order valence-electron chi connectivity index (χ4n) is 1.65. The predicted molar refractivity (Wildman–Crippen MR) is 60.0 cm³/mol. The van der Waals surface area contributed by atoms with Crippen molar-refractivity contribution >= 4 is 5.91 Å². The maximum Gasteiger partial charge on any atom is 0.573 e. The first-order valence-electron chi connectivity index (χ1n) is 5.25. The summed E-state index contributed by atoms with van der Waals surface area (Å²) in [7, 11) is 0. The lowest BCUT2D eigenvalue weighted by atomic mass is 9.81. The molecule has 2 N–H and O–H groups in total. The van der Waals surface area contributed by atoms with E-state index >= 15 is 0 Å². The van der Waals surface area contributed by atoms with Gasteiger partial charge in [0.2, 0.25) is 5.91 Å². The third kappa shape index (κ3) is 4.27. The van der Waals surface area contributed by atoms with E-state index in [-0.39, 0.29) is 12.2 Å². The van der Waals surface area contributed by atoms with Gasteiger partial charge >= 0.3 is 6.36 Å². The number of carbonyl (C=O) groups excluding carboxylic acids is 1. The van der Waals surface area contributed by atoms with Gasteiger partial charge in [0.05, 0.1) is 0 Å². The second kappa shape index (κ2) is 4.88. The van der Waals surface area contributed by atoms with E-state index in [1.54, 1.807) is 13.8 Å². The second-order valence-corrected chi connectivity index (χ2v) is 4.60. The highest BCUT2D eigenvalue weighted by Crippen LogP contribution is 2.29. The highest BCUT2D eigenvalue weighted by molar-refractivity contribution is 5.75. The summed E-state index contributed by atoms with van der Waals surface area (Å²) in [6.07, 6.45) is -4.59. The molecule has 1 aromatic carbocycles. The fraction of sp³-hybridized carbons (Fsp3) is 0.417. The monoisotopic (exact) mass is 261 g/mol. The van der Waals surface area contributed by atoms with Crippen molar-refractivity contribution in [1.29, 1.82) is 0 Å². The van der Waals surface area contributed by atoms with E-state index in [2.05, 4.69) is 4.74 Å². The van der Waals surface area contributed by atoms with Crippen LogP contribution in [0.3, 0.4) is 0 Å². The molecule has 0 spiro atoms. The number of halogens is 3. The van der Waals surface area contributed by atoms with Gasteiger partial charge in [-0.25, -0.2) is 0 Å². The Kier molecular flexibility index (Phi) is 3.88. The van der Waals surface area contributed by atoms with Crippen LogP contribution in [-0.2, 0) is 10.2 Å². The predicted octanol–water partition coefficient (Wildman–Crippen LogP) is 2.74. The molecule has 3 nitrogen and oxygen atoms in total. The Hall–Kier alpha value is -1.72. The summed E-state index contributed by atoms with van der Waals surface area (Å²) in [4.78, 5) is 10.9. The SMILES string of the molecule is CC(C)(CC(N)=O)c1ccc(OC(F)(F)F)cc1. The molecule has 0 radical (unpaired) electrons. The van der Waals surface area contributed by atoms with Crippen LogP contribution in [0.25, 0.3) is 0 Å². The standard InChI is InChI=1S/C12H14F3NO2/c1-11(2,7-10(16)17)8-3-5-9(6-4-8)18-12(13,14)15/h3-6H,7H2,1-2H3,(H2,16,17). The van der Waals surface area contributed by atoms with Gasteiger partial charge in [0, 0.05) is 6.42 Å². The summed E-state index contributed by atoms with van der Waals surface area (Å²) in [6.45, 7) is 3.58. The molecule has 0 aliphatic rings. The number of rotatable bonds is 4. The van der Waals surface area contributed by atoms with E-state index < -0.39 is 17.7 Å². The van der Waals surface area contributed by atoms with E-state index in [1.165, 1.54) is 24.3 Å². The molecule has 0 saturated carbocycles. The van der Waals surface area contributed by atoms with Gasteiger partial charge in [0.15, 0.2) is 0 Å². The van der Waals surface area contributed by atoms with Crippen molar-refractivity contribution in [3.05, 3.63) is 29.8 Å². The maximum atomic E-state index is 12.0. The highest BCUT2D eigenvalue weighted by Gasteiger charge is 2.31. The highest BCUT2D eigenvalue weighted by atomic mass is 19.4. The molecular weight excluding hydrogens is 247 g/mol. The normalized spacial score (nSPS) is 12.3. The summed E-state index contributed by atoms with van der Waals surface area (Å²) < 4.78 is 39.7. The lowest BCUT2D eigenvalue weighted by Gasteiger charge is -2.23. The van der Waals surface area contributed by atoms with Gasteiger partial charge in [-0.2, -0.15) is 0 Å².